The highest BCUT2D eigenvalue weighted by Gasteiger charge is 2.34. The molecule has 7 nitrogen and oxygen atoms in total. The summed E-state index contributed by atoms with van der Waals surface area (Å²) >= 11 is 8.20. The van der Waals surface area contributed by atoms with E-state index < -0.39 is 18.6 Å². The van der Waals surface area contributed by atoms with E-state index >= 15 is 0 Å². The van der Waals surface area contributed by atoms with Crippen LogP contribution in [-0.2, 0) is 4.74 Å². The van der Waals surface area contributed by atoms with E-state index in [0.717, 1.165) is 6.54 Å². The van der Waals surface area contributed by atoms with Crippen LogP contribution in [0.25, 0.3) is 0 Å². The van der Waals surface area contributed by atoms with E-state index in [1.165, 1.54) is 12.0 Å². The van der Waals surface area contributed by atoms with Gasteiger partial charge in [0.1, 0.15) is 12.5 Å². The third-order valence-electron chi connectivity index (χ3n) is 6.12. The number of methoxy groups -OCH3 is 1. The highest BCUT2D eigenvalue weighted by atomic mass is 35.5. The van der Waals surface area contributed by atoms with Crippen LogP contribution in [0.1, 0.15) is 43.1 Å². The molecule has 2 unspecified atom stereocenters. The number of halogens is 2. The van der Waals surface area contributed by atoms with Gasteiger partial charge in [0.2, 0.25) is 0 Å². The molecule has 3 rings (SSSR count). The summed E-state index contributed by atoms with van der Waals surface area (Å²) in [5.41, 5.74) is 7.23. The smallest absolute Gasteiger partial charge is 0.253 e. The van der Waals surface area contributed by atoms with Gasteiger partial charge in [0, 0.05) is 39.0 Å². The number of pyridine rings is 1. The van der Waals surface area contributed by atoms with Gasteiger partial charge < -0.3 is 25.0 Å². The molecule has 1 aromatic carbocycles. The molecule has 10 heteroatoms. The predicted octanol–water partition coefficient (Wildman–Crippen LogP) is 5.36. The highest BCUT2D eigenvalue weighted by molar-refractivity contribution is 8.01. The molecular weight excluding hydrogens is 525 g/mol. The summed E-state index contributed by atoms with van der Waals surface area (Å²) in [5.74, 6) is 2.07. The first kappa shape index (κ1) is 32.1. The van der Waals surface area contributed by atoms with Gasteiger partial charge in [0.25, 0.3) is 5.91 Å². The van der Waals surface area contributed by atoms with Crippen molar-refractivity contribution in [2.45, 2.75) is 45.4 Å². The fourth-order valence-electron chi connectivity index (χ4n) is 3.75. The summed E-state index contributed by atoms with van der Waals surface area (Å²) in [6.45, 7) is 9.83. The monoisotopic (exact) mass is 567 g/mol. The van der Waals surface area contributed by atoms with E-state index in [9.17, 15) is 9.18 Å². The van der Waals surface area contributed by atoms with Crippen LogP contribution in [-0.4, -0.2) is 69.3 Å². The number of carbonyl (C=O) groups excluding carboxylic acids is 1. The Morgan fingerprint density at radius 2 is 2.00 bits per heavy atom. The third kappa shape index (κ3) is 10.6. The number of benzene rings is 1. The molecule has 0 bridgehead atoms. The zero-order valence-electron chi connectivity index (χ0n) is 23.4. The molecule has 3 N–H and O–H groups in total. The second-order valence-electron chi connectivity index (χ2n) is 10.0. The minimum Gasteiger partial charge on any atom is -0.383 e. The number of nitrogens with two attached hydrogens (primary N) is 1. The van der Waals surface area contributed by atoms with Crippen molar-refractivity contribution in [2.75, 3.05) is 56.3 Å². The fourth-order valence-corrected chi connectivity index (χ4v) is 4.97. The van der Waals surface area contributed by atoms with E-state index in [1.807, 2.05) is 29.6 Å². The molecular formula is C28H43ClFN5O2S. The van der Waals surface area contributed by atoms with Crippen LogP contribution >= 0.6 is 23.5 Å². The van der Waals surface area contributed by atoms with Crippen molar-refractivity contribution in [1.29, 1.82) is 0 Å². The molecule has 0 saturated heterocycles. The van der Waals surface area contributed by atoms with Crippen molar-refractivity contribution in [1.82, 2.24) is 10.3 Å². The maximum absolute atomic E-state index is 12.9. The van der Waals surface area contributed by atoms with Gasteiger partial charge in [-0.15, -0.1) is 0 Å². The van der Waals surface area contributed by atoms with Gasteiger partial charge in [-0.25, -0.2) is 9.37 Å². The van der Waals surface area contributed by atoms with Crippen LogP contribution in [0.4, 0.5) is 16.0 Å². The molecule has 1 fully saturated rings. The summed E-state index contributed by atoms with van der Waals surface area (Å²) in [6, 6.07) is 11.2. The average molecular weight is 568 g/mol. The molecule has 1 aromatic heterocycles. The standard InChI is InChI=1S/C21H35ClFN5O2S.C7H8/c1-13(2)31-27(4)20-19(22)17(21(29)25-11-16(24)10-23)9-18(26-20)28(6-7-30-5)12-15-8-14(15)3;1-7-5-3-2-4-6-7/h9,13-16H,6-8,10-12,24H2,1-5H3,(H,25,29);2-6H,1H3/t14?,15?,16-;/m0./s1. The van der Waals surface area contributed by atoms with Crippen molar-refractivity contribution >= 4 is 41.1 Å². The predicted molar refractivity (Wildman–Crippen MR) is 159 cm³/mol. The van der Waals surface area contributed by atoms with E-state index in [-0.39, 0.29) is 11.6 Å². The van der Waals surface area contributed by atoms with Crippen LogP contribution in [0, 0.1) is 18.8 Å². The Morgan fingerprint density at radius 1 is 1.34 bits per heavy atom. The number of carbonyl (C=O) groups is 1. The Labute approximate surface area is 236 Å². The van der Waals surface area contributed by atoms with Crippen LogP contribution in [0.3, 0.4) is 0 Å². The van der Waals surface area contributed by atoms with Crippen LogP contribution < -0.4 is 20.3 Å². The lowest BCUT2D eigenvalue weighted by atomic mass is 10.2. The van der Waals surface area contributed by atoms with Gasteiger partial charge in [0.15, 0.2) is 5.82 Å². The lowest BCUT2D eigenvalue weighted by Crippen LogP contribution is -2.39. The molecule has 0 aliphatic heterocycles. The number of aryl methyl sites for hydroxylation is 1. The average Bonchev–Trinajstić information content (AvgIpc) is 3.59. The number of ether oxygens (including phenoxy) is 1. The summed E-state index contributed by atoms with van der Waals surface area (Å²) in [7, 11) is 3.55. The number of nitrogens with zero attached hydrogens (tertiary/aromatic N) is 3. The van der Waals surface area contributed by atoms with E-state index in [0.29, 0.717) is 47.4 Å². The molecule has 1 aliphatic carbocycles. The molecule has 212 valence electrons. The molecule has 1 heterocycles. The molecule has 1 saturated carbocycles. The molecule has 0 spiro atoms. The first-order valence-corrected chi connectivity index (χ1v) is 14.2. The SMILES string of the molecule is COCCN(CC1CC1C)c1cc(C(=O)NC[C@@H](N)CF)c(Cl)c(N(C)SC(C)C)n1.Cc1ccccc1. The zero-order chi connectivity index (χ0) is 28.2. The van der Waals surface area contributed by atoms with Crippen molar-refractivity contribution in [3.8, 4) is 0 Å². The van der Waals surface area contributed by atoms with Gasteiger partial charge in [-0.2, -0.15) is 0 Å². The third-order valence-corrected chi connectivity index (χ3v) is 7.41. The molecule has 1 amide bonds. The number of amides is 1. The molecule has 0 radical (unpaired) electrons. The number of alkyl halides is 1. The lowest BCUT2D eigenvalue weighted by Gasteiger charge is -2.27. The largest absolute Gasteiger partial charge is 0.383 e. The van der Waals surface area contributed by atoms with Crippen molar-refractivity contribution in [3.05, 3.63) is 52.5 Å². The van der Waals surface area contributed by atoms with Gasteiger partial charge in [-0.3, -0.25) is 4.79 Å². The zero-order valence-corrected chi connectivity index (χ0v) is 25.0. The number of anilines is 2. The normalized spacial score (nSPS) is 16.9. The van der Waals surface area contributed by atoms with E-state index in [2.05, 4.69) is 50.0 Å². The highest BCUT2D eigenvalue weighted by Crippen LogP contribution is 2.40. The van der Waals surface area contributed by atoms with Crippen molar-refractivity contribution in [2.24, 2.45) is 17.6 Å². The van der Waals surface area contributed by atoms with Crippen LogP contribution in [0.5, 0.6) is 0 Å². The van der Waals surface area contributed by atoms with Gasteiger partial charge in [-0.05, 0) is 43.2 Å². The Bertz CT molecular complexity index is 1000. The molecule has 1 aliphatic rings. The summed E-state index contributed by atoms with van der Waals surface area (Å²) in [5, 5.41) is 3.25. The Kier molecular flexibility index (Phi) is 13.6. The van der Waals surface area contributed by atoms with Gasteiger partial charge in [0.05, 0.1) is 23.2 Å². The molecule has 3 atom stereocenters. The van der Waals surface area contributed by atoms with Crippen molar-refractivity contribution in [3.63, 3.8) is 0 Å². The number of rotatable bonds is 13. The van der Waals surface area contributed by atoms with E-state index in [1.54, 1.807) is 25.1 Å². The first-order chi connectivity index (χ1) is 18.1. The van der Waals surface area contributed by atoms with Gasteiger partial charge in [-0.1, -0.05) is 68.3 Å². The summed E-state index contributed by atoms with van der Waals surface area (Å²) < 4.78 is 19.9. The topological polar surface area (TPSA) is 83.7 Å². The number of hydrogen-bond donors (Lipinski definition) is 2. The number of hydrogen-bond acceptors (Lipinski definition) is 7. The number of aromatic nitrogens is 1. The van der Waals surface area contributed by atoms with Crippen LogP contribution in [0.15, 0.2) is 36.4 Å². The maximum atomic E-state index is 12.9. The first-order valence-electron chi connectivity index (χ1n) is 13.0. The quantitative estimate of drug-likeness (QED) is 0.315. The van der Waals surface area contributed by atoms with Crippen molar-refractivity contribution < 1.29 is 13.9 Å². The Morgan fingerprint density at radius 3 is 2.50 bits per heavy atom. The minimum absolute atomic E-state index is 0.0300. The Balaban J connectivity index is 0.000000624. The summed E-state index contributed by atoms with van der Waals surface area (Å²) in [6.07, 6.45) is 1.18. The molecule has 2 aromatic rings. The lowest BCUT2D eigenvalue weighted by molar-refractivity contribution is 0.0950. The van der Waals surface area contributed by atoms with E-state index in [4.69, 9.17) is 27.1 Å². The van der Waals surface area contributed by atoms with Gasteiger partial charge >= 0.3 is 0 Å². The van der Waals surface area contributed by atoms with Crippen LogP contribution in [0.2, 0.25) is 5.02 Å². The number of nitrogens with one attached hydrogen (secondary N) is 1. The molecule has 38 heavy (non-hydrogen) atoms. The fraction of sp³-hybridized carbons (Fsp3) is 0.571. The Hall–Kier alpha value is -2.07. The summed E-state index contributed by atoms with van der Waals surface area (Å²) in [4.78, 5) is 19.9. The second-order valence-corrected chi connectivity index (χ2v) is 12.1. The second kappa shape index (κ2) is 16.1. The maximum Gasteiger partial charge on any atom is 0.253 e. The minimum atomic E-state index is -0.753.